The van der Waals surface area contributed by atoms with Gasteiger partial charge in [0.25, 0.3) is 5.91 Å². The number of carbonyl (C=O) groups is 1. The van der Waals surface area contributed by atoms with E-state index in [0.29, 0.717) is 24.4 Å². The van der Waals surface area contributed by atoms with E-state index < -0.39 is 6.10 Å². The second kappa shape index (κ2) is 9.05. The van der Waals surface area contributed by atoms with E-state index in [4.69, 9.17) is 4.52 Å². The molecule has 4 rings (SSSR count). The van der Waals surface area contributed by atoms with Gasteiger partial charge in [0.15, 0.2) is 11.5 Å². The van der Waals surface area contributed by atoms with Gasteiger partial charge in [0, 0.05) is 24.2 Å². The van der Waals surface area contributed by atoms with E-state index in [-0.39, 0.29) is 11.9 Å². The number of aliphatic hydroxyl groups is 1. The molecule has 2 atom stereocenters. The third kappa shape index (κ3) is 4.57. The minimum absolute atomic E-state index is 0.0166. The lowest BCUT2D eigenvalue weighted by Crippen LogP contribution is -2.41. The lowest BCUT2D eigenvalue weighted by atomic mass is 9.98. The van der Waals surface area contributed by atoms with Gasteiger partial charge in [-0.3, -0.25) is 4.79 Å². The number of rotatable bonds is 5. The first-order valence-electron chi connectivity index (χ1n) is 10.3. The highest BCUT2D eigenvalue weighted by molar-refractivity contribution is 5.93. The van der Waals surface area contributed by atoms with Gasteiger partial charge in [-0.15, -0.1) is 0 Å². The molecular weight excluding hydrogens is 364 g/mol. The zero-order valence-electron chi connectivity index (χ0n) is 16.4. The van der Waals surface area contributed by atoms with Gasteiger partial charge in [0.2, 0.25) is 0 Å². The summed E-state index contributed by atoms with van der Waals surface area (Å²) in [6, 6.07) is 21.0. The highest BCUT2D eigenvalue weighted by Gasteiger charge is 2.30. The molecule has 0 aliphatic carbocycles. The summed E-state index contributed by atoms with van der Waals surface area (Å²) in [4.78, 5) is 15.1. The van der Waals surface area contributed by atoms with Crippen LogP contribution in [-0.2, 0) is 0 Å². The minimum Gasteiger partial charge on any atom is -0.388 e. The van der Waals surface area contributed by atoms with Crippen LogP contribution in [0.3, 0.4) is 0 Å². The van der Waals surface area contributed by atoms with Crippen molar-refractivity contribution in [2.75, 3.05) is 6.54 Å². The van der Waals surface area contributed by atoms with Gasteiger partial charge in [-0.2, -0.15) is 0 Å². The Hall–Kier alpha value is -2.92. The molecule has 0 radical (unpaired) electrons. The van der Waals surface area contributed by atoms with Crippen molar-refractivity contribution in [1.29, 1.82) is 0 Å². The van der Waals surface area contributed by atoms with Crippen molar-refractivity contribution >= 4 is 5.91 Å². The monoisotopic (exact) mass is 390 g/mol. The predicted octanol–water partition coefficient (Wildman–Crippen LogP) is 4.85. The molecule has 5 nitrogen and oxygen atoms in total. The van der Waals surface area contributed by atoms with Crippen LogP contribution in [0.5, 0.6) is 0 Å². The standard InChI is InChI=1S/C24H26N2O3/c27-22(18-10-4-1-5-11-18)16-20-14-8-3-9-15-26(20)24(28)21-17-23(29-25-21)19-12-6-2-7-13-19/h1-2,4-7,10-13,17,20,22,27H,3,8-9,14-16H2/t20-,22+/m1/s1. The third-order valence-electron chi connectivity index (χ3n) is 5.61. The Labute approximate surface area is 171 Å². The summed E-state index contributed by atoms with van der Waals surface area (Å²) in [5.74, 6) is 0.465. The van der Waals surface area contributed by atoms with Crippen LogP contribution in [0.4, 0.5) is 0 Å². The zero-order chi connectivity index (χ0) is 20.1. The Balaban J connectivity index is 1.52. The number of benzene rings is 2. The largest absolute Gasteiger partial charge is 0.388 e. The Morgan fingerprint density at radius 2 is 1.79 bits per heavy atom. The van der Waals surface area contributed by atoms with E-state index in [1.165, 1.54) is 0 Å². The lowest BCUT2D eigenvalue weighted by molar-refractivity contribution is 0.0578. The Kier molecular flexibility index (Phi) is 6.06. The van der Waals surface area contributed by atoms with Crippen molar-refractivity contribution in [2.45, 2.75) is 44.2 Å². The van der Waals surface area contributed by atoms with Gasteiger partial charge >= 0.3 is 0 Å². The van der Waals surface area contributed by atoms with Crippen LogP contribution in [-0.4, -0.2) is 33.7 Å². The van der Waals surface area contributed by atoms with Gasteiger partial charge in [0.1, 0.15) is 0 Å². The summed E-state index contributed by atoms with van der Waals surface area (Å²) in [6.45, 7) is 0.679. The fourth-order valence-corrected chi connectivity index (χ4v) is 4.02. The summed E-state index contributed by atoms with van der Waals surface area (Å²) < 4.78 is 5.43. The fourth-order valence-electron chi connectivity index (χ4n) is 4.02. The minimum atomic E-state index is -0.591. The maximum atomic E-state index is 13.2. The second-order valence-corrected chi connectivity index (χ2v) is 7.61. The van der Waals surface area contributed by atoms with Crippen LogP contribution in [0, 0.1) is 0 Å². The fraction of sp³-hybridized carbons (Fsp3) is 0.333. The first-order chi connectivity index (χ1) is 14.2. The molecule has 0 saturated carbocycles. The molecule has 0 unspecified atom stereocenters. The van der Waals surface area contributed by atoms with Gasteiger partial charge in [-0.1, -0.05) is 78.7 Å². The maximum Gasteiger partial charge on any atom is 0.276 e. The van der Waals surface area contributed by atoms with Gasteiger partial charge in [-0.05, 0) is 24.8 Å². The van der Waals surface area contributed by atoms with E-state index in [0.717, 1.165) is 36.8 Å². The topological polar surface area (TPSA) is 66.6 Å². The molecule has 1 aromatic heterocycles. The number of carbonyl (C=O) groups excluding carboxylic acids is 1. The van der Waals surface area contributed by atoms with Crippen molar-refractivity contribution in [3.63, 3.8) is 0 Å². The average Bonchev–Trinajstić information content (AvgIpc) is 3.16. The molecule has 1 N–H and O–H groups in total. The van der Waals surface area contributed by atoms with Gasteiger partial charge in [-0.25, -0.2) is 0 Å². The summed E-state index contributed by atoms with van der Waals surface area (Å²) in [5, 5.41) is 14.8. The molecule has 2 heterocycles. The molecule has 0 spiro atoms. The lowest BCUT2D eigenvalue weighted by Gasteiger charge is -2.31. The SMILES string of the molecule is O=C(c1cc(-c2ccccc2)on1)N1CCCCC[C@@H]1C[C@H](O)c1ccccc1. The molecule has 3 aromatic rings. The molecule has 1 amide bonds. The first kappa shape index (κ1) is 19.4. The quantitative estimate of drug-likeness (QED) is 0.676. The van der Waals surface area contributed by atoms with Crippen molar-refractivity contribution in [3.05, 3.63) is 78.0 Å². The number of nitrogens with zero attached hydrogens (tertiary/aromatic N) is 2. The van der Waals surface area contributed by atoms with Crippen molar-refractivity contribution < 1.29 is 14.4 Å². The van der Waals surface area contributed by atoms with E-state index in [1.54, 1.807) is 6.07 Å². The van der Waals surface area contributed by atoms with Crippen LogP contribution in [0.15, 0.2) is 71.3 Å². The van der Waals surface area contributed by atoms with Gasteiger partial charge < -0.3 is 14.5 Å². The number of hydrogen-bond acceptors (Lipinski definition) is 4. The summed E-state index contributed by atoms with van der Waals surface area (Å²) >= 11 is 0. The van der Waals surface area contributed by atoms with Crippen LogP contribution >= 0.6 is 0 Å². The van der Waals surface area contributed by atoms with Crippen LogP contribution in [0.1, 0.15) is 54.3 Å². The molecule has 1 aliphatic rings. The van der Waals surface area contributed by atoms with Crippen molar-refractivity contribution in [1.82, 2.24) is 10.1 Å². The molecule has 29 heavy (non-hydrogen) atoms. The number of hydrogen-bond donors (Lipinski definition) is 1. The van der Waals surface area contributed by atoms with Gasteiger partial charge in [0.05, 0.1) is 6.10 Å². The Morgan fingerprint density at radius 3 is 2.55 bits per heavy atom. The van der Waals surface area contributed by atoms with Crippen molar-refractivity contribution in [3.8, 4) is 11.3 Å². The summed E-state index contributed by atoms with van der Waals surface area (Å²) in [6.07, 6.45) is 3.94. The molecule has 1 saturated heterocycles. The van der Waals surface area contributed by atoms with E-state index in [2.05, 4.69) is 5.16 Å². The highest BCUT2D eigenvalue weighted by Crippen LogP contribution is 2.28. The normalized spacial score (nSPS) is 18.2. The molecule has 1 aliphatic heterocycles. The summed E-state index contributed by atoms with van der Waals surface area (Å²) in [7, 11) is 0. The van der Waals surface area contributed by atoms with Crippen LogP contribution in [0.25, 0.3) is 11.3 Å². The highest BCUT2D eigenvalue weighted by atomic mass is 16.5. The number of likely N-dealkylation sites (tertiary alicyclic amines) is 1. The summed E-state index contributed by atoms with van der Waals surface area (Å²) in [5.41, 5.74) is 2.10. The molecule has 2 aromatic carbocycles. The zero-order valence-corrected chi connectivity index (χ0v) is 16.4. The predicted molar refractivity (Wildman–Crippen MR) is 111 cm³/mol. The van der Waals surface area contributed by atoms with Crippen LogP contribution in [0.2, 0.25) is 0 Å². The number of aromatic nitrogens is 1. The smallest absolute Gasteiger partial charge is 0.276 e. The molecular formula is C24H26N2O3. The van der Waals surface area contributed by atoms with E-state index in [9.17, 15) is 9.90 Å². The molecule has 5 heteroatoms. The van der Waals surface area contributed by atoms with E-state index >= 15 is 0 Å². The van der Waals surface area contributed by atoms with Crippen molar-refractivity contribution in [2.24, 2.45) is 0 Å². The Morgan fingerprint density at radius 1 is 1.07 bits per heavy atom. The van der Waals surface area contributed by atoms with Crippen LogP contribution < -0.4 is 0 Å². The first-order valence-corrected chi connectivity index (χ1v) is 10.3. The second-order valence-electron chi connectivity index (χ2n) is 7.61. The van der Waals surface area contributed by atoms with E-state index in [1.807, 2.05) is 65.6 Å². The number of aliphatic hydroxyl groups excluding tert-OH is 1. The maximum absolute atomic E-state index is 13.2. The molecule has 1 fully saturated rings. The molecule has 150 valence electrons. The third-order valence-corrected chi connectivity index (χ3v) is 5.61. The molecule has 0 bridgehead atoms. The number of amides is 1. The average molecular weight is 390 g/mol. The Bertz CT molecular complexity index is 924.